The van der Waals surface area contributed by atoms with Gasteiger partial charge in [0.2, 0.25) is 0 Å². The molecule has 1 atom stereocenters. The molecular formula is C30H28ClFN4O. The van der Waals surface area contributed by atoms with Crippen molar-refractivity contribution in [1.82, 2.24) is 14.9 Å². The van der Waals surface area contributed by atoms with Gasteiger partial charge in [-0.15, -0.1) is 0 Å². The van der Waals surface area contributed by atoms with Crippen molar-refractivity contribution < 1.29 is 9.18 Å². The minimum Gasteiger partial charge on any atom is -0.339 e. The summed E-state index contributed by atoms with van der Waals surface area (Å²) in [7, 11) is 2.15. The lowest BCUT2D eigenvalue weighted by Gasteiger charge is -2.20. The number of Topliss-reactive ketones (excluding diaryl/α,β-unsaturated/α-hetero) is 1. The van der Waals surface area contributed by atoms with E-state index in [1.54, 1.807) is 19.2 Å². The first-order chi connectivity index (χ1) is 17.9. The molecule has 0 spiro atoms. The highest BCUT2D eigenvalue weighted by Crippen LogP contribution is 2.39. The van der Waals surface area contributed by atoms with Gasteiger partial charge in [-0.05, 0) is 93.2 Å². The van der Waals surface area contributed by atoms with Crippen LogP contribution in [0.2, 0.25) is 5.02 Å². The summed E-state index contributed by atoms with van der Waals surface area (Å²) < 4.78 is 14.5. The Morgan fingerprint density at radius 1 is 1.05 bits per heavy atom. The largest absolute Gasteiger partial charge is 0.339 e. The van der Waals surface area contributed by atoms with E-state index in [4.69, 9.17) is 16.6 Å². The molecule has 6 rings (SSSR count). The van der Waals surface area contributed by atoms with Crippen molar-refractivity contribution in [2.75, 3.05) is 18.9 Å². The number of fused-ring (bicyclic) bond motifs is 1. The van der Waals surface area contributed by atoms with Gasteiger partial charge in [-0.3, -0.25) is 14.7 Å². The van der Waals surface area contributed by atoms with E-state index in [0.29, 0.717) is 39.3 Å². The first-order valence-corrected chi connectivity index (χ1v) is 13.1. The van der Waals surface area contributed by atoms with Gasteiger partial charge < -0.3 is 5.32 Å². The van der Waals surface area contributed by atoms with Crippen molar-refractivity contribution in [3.63, 3.8) is 0 Å². The van der Waals surface area contributed by atoms with Crippen molar-refractivity contribution >= 4 is 39.8 Å². The predicted octanol–water partition coefficient (Wildman–Crippen LogP) is 7.50. The average molecular weight is 515 g/mol. The van der Waals surface area contributed by atoms with Crippen LogP contribution in [0.5, 0.6) is 0 Å². The second kappa shape index (κ2) is 9.51. The maximum absolute atomic E-state index is 14.5. The first kappa shape index (κ1) is 24.0. The van der Waals surface area contributed by atoms with E-state index < -0.39 is 0 Å². The molecule has 2 aromatic carbocycles. The van der Waals surface area contributed by atoms with Crippen LogP contribution in [0.15, 0.2) is 54.9 Å². The molecule has 1 aliphatic heterocycles. The quantitative estimate of drug-likeness (QED) is 0.270. The van der Waals surface area contributed by atoms with Crippen LogP contribution in [0.4, 0.5) is 15.9 Å². The summed E-state index contributed by atoms with van der Waals surface area (Å²) in [6.45, 7) is 2.76. The average Bonchev–Trinajstić information content (AvgIpc) is 3.67. The van der Waals surface area contributed by atoms with Gasteiger partial charge in [0.1, 0.15) is 11.6 Å². The molecule has 188 valence electrons. The lowest BCUT2D eigenvalue weighted by atomic mass is 9.98. The van der Waals surface area contributed by atoms with E-state index in [1.807, 2.05) is 30.5 Å². The molecule has 4 aromatic rings. The van der Waals surface area contributed by atoms with Crippen molar-refractivity contribution in [3.05, 3.63) is 82.4 Å². The van der Waals surface area contributed by atoms with Gasteiger partial charge in [0.05, 0.1) is 16.8 Å². The second-order valence-corrected chi connectivity index (χ2v) is 10.6. The Hall–Kier alpha value is -3.35. The Labute approximate surface area is 220 Å². The molecule has 37 heavy (non-hydrogen) atoms. The fourth-order valence-electron chi connectivity index (χ4n) is 5.21. The summed E-state index contributed by atoms with van der Waals surface area (Å²) in [5, 5.41) is 4.59. The van der Waals surface area contributed by atoms with E-state index in [0.717, 1.165) is 42.3 Å². The summed E-state index contributed by atoms with van der Waals surface area (Å²) in [5.74, 6) is 0.447. The number of rotatable bonds is 6. The topological polar surface area (TPSA) is 58.1 Å². The molecule has 1 saturated carbocycles. The molecule has 7 heteroatoms. The number of aromatic nitrogens is 2. The number of carbonyl (C=O) groups is 1. The summed E-state index contributed by atoms with van der Waals surface area (Å²) >= 11 is 6.28. The third kappa shape index (κ3) is 4.60. The lowest BCUT2D eigenvalue weighted by molar-refractivity contribution is 0.0968. The lowest BCUT2D eigenvalue weighted by Crippen LogP contribution is -2.17. The molecular weight excluding hydrogens is 487 g/mol. The highest BCUT2D eigenvalue weighted by molar-refractivity contribution is 6.31. The van der Waals surface area contributed by atoms with E-state index >= 15 is 0 Å². The Morgan fingerprint density at radius 2 is 1.89 bits per heavy atom. The van der Waals surface area contributed by atoms with Gasteiger partial charge in [0, 0.05) is 40.3 Å². The molecule has 1 saturated heterocycles. The molecule has 2 aromatic heterocycles. The number of likely N-dealkylation sites (tertiary alicyclic amines) is 1. The van der Waals surface area contributed by atoms with E-state index in [9.17, 15) is 9.18 Å². The van der Waals surface area contributed by atoms with Gasteiger partial charge in [-0.25, -0.2) is 9.37 Å². The van der Waals surface area contributed by atoms with E-state index in [2.05, 4.69) is 28.3 Å². The Morgan fingerprint density at radius 3 is 2.57 bits per heavy atom. The van der Waals surface area contributed by atoms with Crippen LogP contribution in [0.1, 0.15) is 53.2 Å². The maximum atomic E-state index is 14.5. The number of carbonyl (C=O) groups excluding carboxylic acids is 1. The molecule has 0 radical (unpaired) electrons. The zero-order valence-electron chi connectivity index (χ0n) is 20.9. The number of anilines is 2. The Kier molecular flexibility index (Phi) is 6.17. The van der Waals surface area contributed by atoms with Crippen molar-refractivity contribution in [1.29, 1.82) is 0 Å². The zero-order chi connectivity index (χ0) is 25.7. The van der Waals surface area contributed by atoms with Gasteiger partial charge in [-0.1, -0.05) is 23.7 Å². The number of hydrogen-bond acceptors (Lipinski definition) is 5. The molecule has 1 unspecified atom stereocenters. The first-order valence-electron chi connectivity index (χ1n) is 12.8. The summed E-state index contributed by atoms with van der Waals surface area (Å²) in [6.07, 6.45) is 7.71. The number of nitrogens with one attached hydrogen (secondary N) is 1. The van der Waals surface area contributed by atoms with Crippen LogP contribution >= 0.6 is 11.6 Å². The highest BCUT2D eigenvalue weighted by atomic mass is 35.5. The summed E-state index contributed by atoms with van der Waals surface area (Å²) in [5.41, 5.74) is 5.06. The van der Waals surface area contributed by atoms with E-state index in [1.165, 1.54) is 18.1 Å². The molecule has 5 nitrogen and oxygen atoms in total. The number of halogens is 2. The molecule has 2 fully saturated rings. The number of hydrogen-bond donors (Lipinski definition) is 1. The van der Waals surface area contributed by atoms with Gasteiger partial charge in [0.15, 0.2) is 5.78 Å². The third-order valence-electron chi connectivity index (χ3n) is 7.64. The minimum absolute atomic E-state index is 0.0428. The zero-order valence-corrected chi connectivity index (χ0v) is 21.6. The minimum atomic E-state index is -0.353. The molecule has 1 aliphatic carbocycles. The Balaban J connectivity index is 1.43. The van der Waals surface area contributed by atoms with Crippen molar-refractivity contribution in [3.8, 4) is 11.1 Å². The van der Waals surface area contributed by atoms with Crippen LogP contribution in [-0.4, -0.2) is 34.2 Å². The monoisotopic (exact) mass is 514 g/mol. The van der Waals surface area contributed by atoms with Crippen LogP contribution in [0.25, 0.3) is 22.0 Å². The fourth-order valence-corrected chi connectivity index (χ4v) is 5.41. The molecule has 1 N–H and O–H groups in total. The van der Waals surface area contributed by atoms with Gasteiger partial charge in [-0.2, -0.15) is 0 Å². The number of pyridine rings is 2. The number of benzene rings is 2. The normalized spacial score (nSPS) is 17.9. The molecule has 0 bridgehead atoms. The standard InChI is InChI=1S/C30H28ClFN4O/c1-17-24(31)13-21(14-25(17)32)19-7-9-26-22(12-19)29(23(16-33-26)30(37)18-5-6-18)35-28-10-8-20(15-34-28)27-4-3-11-36(27)2/h7-10,12-16,18,27H,3-6,11H2,1-2H3,(H,33,34,35). The Bertz CT molecular complexity index is 1490. The number of nitrogens with zero attached hydrogens (tertiary/aromatic N) is 3. The maximum Gasteiger partial charge on any atom is 0.169 e. The molecule has 3 heterocycles. The molecule has 2 aliphatic rings. The highest BCUT2D eigenvalue weighted by Gasteiger charge is 2.33. The summed E-state index contributed by atoms with van der Waals surface area (Å²) in [4.78, 5) is 24.9. The van der Waals surface area contributed by atoms with E-state index in [-0.39, 0.29) is 17.5 Å². The van der Waals surface area contributed by atoms with Crippen molar-refractivity contribution in [2.24, 2.45) is 5.92 Å². The molecule has 0 amide bonds. The van der Waals surface area contributed by atoms with Gasteiger partial charge >= 0.3 is 0 Å². The van der Waals surface area contributed by atoms with Crippen molar-refractivity contribution in [2.45, 2.75) is 38.6 Å². The fraction of sp³-hybridized carbons (Fsp3) is 0.300. The second-order valence-electron chi connectivity index (χ2n) is 10.2. The number of ketones is 1. The van der Waals surface area contributed by atoms with Crippen LogP contribution in [0, 0.1) is 18.7 Å². The van der Waals surface area contributed by atoms with Crippen LogP contribution < -0.4 is 5.32 Å². The van der Waals surface area contributed by atoms with Gasteiger partial charge in [0.25, 0.3) is 0 Å². The smallest absolute Gasteiger partial charge is 0.169 e. The van der Waals surface area contributed by atoms with Crippen LogP contribution in [-0.2, 0) is 0 Å². The van der Waals surface area contributed by atoms with Crippen LogP contribution in [0.3, 0.4) is 0 Å². The third-order valence-corrected chi connectivity index (χ3v) is 8.03. The SMILES string of the molecule is Cc1c(F)cc(-c2ccc3ncc(C(=O)C4CC4)c(Nc4ccc(C5CCCN5C)cn4)c3c2)cc1Cl. The predicted molar refractivity (Wildman–Crippen MR) is 146 cm³/mol. The summed E-state index contributed by atoms with van der Waals surface area (Å²) in [6, 6.07) is 13.4.